The van der Waals surface area contributed by atoms with E-state index in [4.69, 9.17) is 5.10 Å². The van der Waals surface area contributed by atoms with Gasteiger partial charge in [-0.15, -0.1) is 0 Å². The summed E-state index contributed by atoms with van der Waals surface area (Å²) in [5.41, 5.74) is 4.24. The predicted molar refractivity (Wildman–Crippen MR) is 112 cm³/mol. The maximum absolute atomic E-state index is 14.4. The van der Waals surface area contributed by atoms with Crippen LogP contribution in [0.2, 0.25) is 0 Å². The summed E-state index contributed by atoms with van der Waals surface area (Å²) in [5, 5.41) is 12.4. The van der Waals surface area contributed by atoms with Crippen LogP contribution < -0.4 is 5.32 Å². The Morgan fingerprint density at radius 1 is 1.33 bits per heavy atom. The van der Waals surface area contributed by atoms with Gasteiger partial charge in [-0.1, -0.05) is 0 Å². The average molecular weight is 408 g/mol. The Hall–Kier alpha value is -3.16. The largest absolute Gasteiger partial charge is 0.338 e. The van der Waals surface area contributed by atoms with E-state index in [2.05, 4.69) is 15.1 Å². The second-order valence-corrected chi connectivity index (χ2v) is 8.31. The molecule has 1 amide bonds. The summed E-state index contributed by atoms with van der Waals surface area (Å²) in [5.74, 6) is 1.23. The molecule has 1 aromatic carbocycles. The summed E-state index contributed by atoms with van der Waals surface area (Å²) >= 11 is 0. The zero-order chi connectivity index (χ0) is 20.8. The van der Waals surface area contributed by atoms with Crippen molar-refractivity contribution in [1.82, 2.24) is 24.5 Å². The molecule has 0 spiro atoms. The van der Waals surface area contributed by atoms with Crippen LogP contribution in [0.3, 0.4) is 0 Å². The smallest absolute Gasteiger partial charge is 0.219 e. The van der Waals surface area contributed by atoms with Crippen LogP contribution in [0.15, 0.2) is 30.6 Å². The molecule has 2 aliphatic rings. The first-order valence-corrected chi connectivity index (χ1v) is 10.4. The van der Waals surface area contributed by atoms with Crippen LogP contribution >= 0.6 is 0 Å². The van der Waals surface area contributed by atoms with E-state index in [9.17, 15) is 9.18 Å². The van der Waals surface area contributed by atoms with Crippen molar-refractivity contribution in [3.8, 4) is 11.1 Å². The minimum atomic E-state index is -0.294. The molecule has 0 bridgehead atoms. The van der Waals surface area contributed by atoms with Crippen molar-refractivity contribution in [1.29, 1.82) is 0 Å². The van der Waals surface area contributed by atoms with Gasteiger partial charge in [-0.3, -0.25) is 14.2 Å². The fourth-order valence-electron chi connectivity index (χ4n) is 4.08. The highest BCUT2D eigenvalue weighted by molar-refractivity contribution is 5.75. The zero-order valence-corrected chi connectivity index (χ0v) is 17.2. The number of anilines is 2. The topological polar surface area (TPSA) is 68.0 Å². The van der Waals surface area contributed by atoms with Crippen LogP contribution in [-0.4, -0.2) is 36.9 Å². The lowest BCUT2D eigenvalue weighted by atomic mass is 10.1. The Kier molecular flexibility index (Phi) is 4.56. The average Bonchev–Trinajstić information content (AvgIpc) is 3.34. The Morgan fingerprint density at radius 3 is 2.87 bits per heavy atom. The van der Waals surface area contributed by atoms with Gasteiger partial charge in [0.25, 0.3) is 0 Å². The third kappa shape index (κ3) is 3.58. The fraction of sp³-hybridized carbons (Fsp3) is 0.409. The molecule has 8 heteroatoms. The van der Waals surface area contributed by atoms with Gasteiger partial charge in [-0.2, -0.15) is 10.2 Å². The molecule has 1 aliphatic carbocycles. The number of nitrogens with zero attached hydrogens (tertiary/aromatic N) is 5. The lowest BCUT2D eigenvalue weighted by Crippen LogP contribution is -2.34. The monoisotopic (exact) mass is 408 g/mol. The molecule has 3 aromatic rings. The summed E-state index contributed by atoms with van der Waals surface area (Å²) in [6.45, 7) is 3.80. The van der Waals surface area contributed by atoms with E-state index < -0.39 is 0 Å². The molecule has 0 saturated heterocycles. The van der Waals surface area contributed by atoms with Gasteiger partial charge in [0, 0.05) is 67.8 Å². The van der Waals surface area contributed by atoms with Crippen molar-refractivity contribution in [2.75, 3.05) is 11.9 Å². The van der Waals surface area contributed by atoms with Gasteiger partial charge in [0.15, 0.2) is 5.82 Å². The van der Waals surface area contributed by atoms with Crippen LogP contribution in [0.5, 0.6) is 0 Å². The Bertz CT molecular complexity index is 1110. The first-order valence-electron chi connectivity index (χ1n) is 10.4. The van der Waals surface area contributed by atoms with Crippen LogP contribution in [0.25, 0.3) is 11.1 Å². The second kappa shape index (κ2) is 7.27. The van der Waals surface area contributed by atoms with E-state index in [1.165, 1.54) is 24.6 Å². The standard InChI is InChI=1S/C22H25FN6O/c1-14(30)28-8-7-21-19(13-28)22(26-29(21)11-15-3-4-15)25-17-5-6-20(23)18(9-17)16-10-24-27(2)12-16/h5-6,9-10,12,15H,3-4,7-8,11,13H2,1-2H3,(H,25,26). The van der Waals surface area contributed by atoms with Gasteiger partial charge in [0.1, 0.15) is 5.82 Å². The molecule has 0 unspecified atom stereocenters. The number of benzene rings is 1. The van der Waals surface area contributed by atoms with E-state index in [0.29, 0.717) is 18.0 Å². The summed E-state index contributed by atoms with van der Waals surface area (Å²) in [7, 11) is 1.81. The number of rotatable bonds is 5. The van der Waals surface area contributed by atoms with Gasteiger partial charge >= 0.3 is 0 Å². The zero-order valence-electron chi connectivity index (χ0n) is 17.2. The number of fused-ring (bicyclic) bond motifs is 1. The lowest BCUT2D eigenvalue weighted by Gasteiger charge is -2.26. The molecule has 1 aliphatic heterocycles. The first-order chi connectivity index (χ1) is 14.5. The third-order valence-corrected chi connectivity index (χ3v) is 5.95. The molecule has 1 fully saturated rings. The summed E-state index contributed by atoms with van der Waals surface area (Å²) in [6.07, 6.45) is 6.76. The molecule has 7 nitrogen and oxygen atoms in total. The number of hydrogen-bond acceptors (Lipinski definition) is 4. The Balaban J connectivity index is 1.48. The van der Waals surface area contributed by atoms with E-state index >= 15 is 0 Å². The predicted octanol–water partition coefficient (Wildman–Crippen LogP) is 3.48. The summed E-state index contributed by atoms with van der Waals surface area (Å²) < 4.78 is 18.2. The Labute approximate surface area is 174 Å². The Morgan fingerprint density at radius 2 is 2.17 bits per heavy atom. The van der Waals surface area contributed by atoms with Crippen LogP contribution in [0.4, 0.5) is 15.9 Å². The van der Waals surface area contributed by atoms with Crippen molar-refractivity contribution in [3.63, 3.8) is 0 Å². The highest BCUT2D eigenvalue weighted by atomic mass is 19.1. The van der Waals surface area contributed by atoms with Crippen LogP contribution in [-0.2, 0) is 31.4 Å². The maximum Gasteiger partial charge on any atom is 0.219 e. The van der Waals surface area contributed by atoms with Crippen molar-refractivity contribution >= 4 is 17.4 Å². The van der Waals surface area contributed by atoms with Crippen molar-refractivity contribution < 1.29 is 9.18 Å². The second-order valence-electron chi connectivity index (χ2n) is 8.31. The first kappa shape index (κ1) is 18.8. The van der Waals surface area contributed by atoms with Crippen molar-refractivity contribution in [3.05, 3.63) is 47.7 Å². The number of nitrogens with one attached hydrogen (secondary N) is 1. The molecule has 0 radical (unpaired) electrons. The minimum absolute atomic E-state index is 0.0715. The molecule has 0 atom stereocenters. The maximum atomic E-state index is 14.4. The van der Waals surface area contributed by atoms with Gasteiger partial charge < -0.3 is 10.2 Å². The third-order valence-electron chi connectivity index (χ3n) is 5.95. The molecule has 1 N–H and O–H groups in total. The summed E-state index contributed by atoms with van der Waals surface area (Å²) in [4.78, 5) is 13.8. The fourth-order valence-corrected chi connectivity index (χ4v) is 4.08. The van der Waals surface area contributed by atoms with Gasteiger partial charge in [0.05, 0.1) is 12.7 Å². The number of aromatic nitrogens is 4. The number of carbonyl (C=O) groups excluding carboxylic acids is 1. The van der Waals surface area contributed by atoms with Gasteiger partial charge in [-0.25, -0.2) is 4.39 Å². The van der Waals surface area contributed by atoms with Crippen LogP contribution in [0.1, 0.15) is 31.0 Å². The molecule has 156 valence electrons. The van der Waals surface area contributed by atoms with E-state index in [-0.39, 0.29) is 11.7 Å². The molecule has 5 rings (SSSR count). The van der Waals surface area contributed by atoms with E-state index in [0.717, 1.165) is 42.1 Å². The molecule has 30 heavy (non-hydrogen) atoms. The van der Waals surface area contributed by atoms with Crippen LogP contribution in [0, 0.1) is 11.7 Å². The SMILES string of the molecule is CC(=O)N1CCc2c(c(Nc3ccc(F)c(-c4cnn(C)c4)c3)nn2CC2CC2)C1. The van der Waals surface area contributed by atoms with Gasteiger partial charge in [-0.05, 0) is 37.0 Å². The van der Waals surface area contributed by atoms with E-state index in [1.54, 1.807) is 36.1 Å². The molecule has 2 aromatic heterocycles. The number of aryl methyl sites for hydroxylation is 1. The molecular formula is C22H25FN6O. The lowest BCUT2D eigenvalue weighted by molar-refractivity contribution is -0.129. The molecular weight excluding hydrogens is 383 g/mol. The number of amides is 1. The summed E-state index contributed by atoms with van der Waals surface area (Å²) in [6, 6.07) is 4.96. The number of halogens is 1. The molecule has 3 heterocycles. The van der Waals surface area contributed by atoms with Crippen molar-refractivity contribution in [2.24, 2.45) is 13.0 Å². The number of hydrogen-bond donors (Lipinski definition) is 1. The normalized spacial score (nSPS) is 15.9. The van der Waals surface area contributed by atoms with Crippen molar-refractivity contribution in [2.45, 2.75) is 39.3 Å². The van der Waals surface area contributed by atoms with E-state index in [1.807, 2.05) is 11.9 Å². The molecule has 1 saturated carbocycles. The minimum Gasteiger partial charge on any atom is -0.338 e. The highest BCUT2D eigenvalue weighted by Gasteiger charge is 2.29. The highest BCUT2D eigenvalue weighted by Crippen LogP contribution is 2.35. The quantitative estimate of drug-likeness (QED) is 0.702. The van der Waals surface area contributed by atoms with Gasteiger partial charge in [0.2, 0.25) is 5.91 Å². The number of carbonyl (C=O) groups is 1.